The molecule has 1 aliphatic rings. The second-order valence-corrected chi connectivity index (χ2v) is 15.7. The lowest BCUT2D eigenvalue weighted by molar-refractivity contribution is -0.137. The van der Waals surface area contributed by atoms with Crippen molar-refractivity contribution >= 4 is 27.0 Å². The topological polar surface area (TPSA) is 122 Å². The Bertz CT molecular complexity index is 1970. The molecule has 8 nitrogen and oxygen atoms in total. The van der Waals surface area contributed by atoms with E-state index in [0.29, 0.717) is 41.7 Å². The van der Waals surface area contributed by atoms with E-state index in [4.69, 9.17) is 4.74 Å². The zero-order valence-corrected chi connectivity index (χ0v) is 29.6. The molecule has 1 aliphatic heterocycles. The van der Waals surface area contributed by atoms with Gasteiger partial charge in [-0.15, -0.1) is 0 Å². The first-order valence-corrected chi connectivity index (χ1v) is 18.7. The minimum absolute atomic E-state index is 0.0485. The molecule has 0 saturated carbocycles. The molecule has 1 heterocycles. The number of sulfonamides is 1. The average Bonchev–Trinajstić information content (AvgIpc) is 3.07. The monoisotopic (exact) mass is 728 g/mol. The summed E-state index contributed by atoms with van der Waals surface area (Å²) < 4.78 is 94.8. The molecule has 4 aromatic carbocycles. The Morgan fingerprint density at radius 1 is 0.960 bits per heavy atom. The minimum Gasteiger partial charge on any atom is -0.478 e. The van der Waals surface area contributed by atoms with Gasteiger partial charge in [-0.1, -0.05) is 62.4 Å². The lowest BCUT2D eigenvalue weighted by Gasteiger charge is -2.33. The summed E-state index contributed by atoms with van der Waals surface area (Å²) in [7, 11) is -4.48. The molecule has 3 atom stereocenters. The average molecular weight is 729 g/mol. The van der Waals surface area contributed by atoms with Gasteiger partial charge in [0, 0.05) is 12.6 Å². The fourth-order valence-electron chi connectivity index (χ4n) is 6.04. The molecule has 0 aromatic heterocycles. The summed E-state index contributed by atoms with van der Waals surface area (Å²) in [6.45, 7) is 7.59. The van der Waals surface area contributed by atoms with Crippen molar-refractivity contribution in [1.29, 1.82) is 0 Å². The Balaban J connectivity index is 1.28. The summed E-state index contributed by atoms with van der Waals surface area (Å²) in [5.41, 5.74) is 2.09. The van der Waals surface area contributed by atoms with Crippen LogP contribution in [0, 0.1) is 0 Å². The van der Waals surface area contributed by atoms with Crippen molar-refractivity contribution in [3.05, 3.63) is 113 Å². The lowest BCUT2D eigenvalue weighted by Crippen LogP contribution is -2.48. The molecule has 2 unspecified atom stereocenters. The quantitative estimate of drug-likeness (QED) is 0.142. The molecular weight excluding hydrogens is 690 g/mol. The normalized spacial score (nSPS) is 17.7. The number of hydrogen-bond donors (Lipinski definition) is 3. The third-order valence-electron chi connectivity index (χ3n) is 8.87. The molecule has 1 saturated heterocycles. The number of carbonyl (C=O) groups is 1. The van der Waals surface area contributed by atoms with Crippen LogP contribution in [0.2, 0.25) is 0 Å². The van der Waals surface area contributed by atoms with Gasteiger partial charge < -0.3 is 14.6 Å². The van der Waals surface area contributed by atoms with Gasteiger partial charge in [-0.3, -0.25) is 4.79 Å². The molecule has 50 heavy (non-hydrogen) atoms. The van der Waals surface area contributed by atoms with E-state index in [2.05, 4.69) is 31.3 Å². The summed E-state index contributed by atoms with van der Waals surface area (Å²) in [6.07, 6.45) is -3.21. The van der Waals surface area contributed by atoms with Crippen LogP contribution in [-0.2, 0) is 32.1 Å². The van der Waals surface area contributed by atoms with Crippen molar-refractivity contribution in [2.45, 2.75) is 80.0 Å². The standard InChI is InChI=1S/C37H39F3N2O6S2/c1-23(2)24-11-13-25(14-12-24)31-9-6-10-33(49(44)45)34(31)32-20-15-27(22-41-32)26-7-5-8-29(21-26)48-36(3,4)35(43)42-50(46,47)30-18-16-28(17-19-30)37(38,39)40/h5-14,16-19,21,23,27,32,41H,15,20,22H2,1-4H3,(H,42,43)(H,44,45)/t27-,32?/m1/s1. The first kappa shape index (κ1) is 37.2. The van der Waals surface area contributed by atoms with Crippen LogP contribution in [0.3, 0.4) is 0 Å². The number of carbonyl (C=O) groups excluding carboxylic acids is 1. The SMILES string of the molecule is CC(C)c1ccc(-c2cccc(S(=O)O)c2C2CC[C@@H](c3cccc(OC(C)(C)C(=O)NS(=O)(=O)c4ccc(C(F)(F)F)cc4)c3)CN2)cc1. The van der Waals surface area contributed by atoms with E-state index in [1.807, 2.05) is 29.0 Å². The van der Waals surface area contributed by atoms with Gasteiger partial charge in [-0.25, -0.2) is 17.3 Å². The summed E-state index contributed by atoms with van der Waals surface area (Å²) in [6, 6.07) is 23.5. The van der Waals surface area contributed by atoms with Crippen LogP contribution in [0.4, 0.5) is 13.2 Å². The van der Waals surface area contributed by atoms with Crippen LogP contribution in [0.25, 0.3) is 11.1 Å². The summed E-state index contributed by atoms with van der Waals surface area (Å²) in [5.74, 6) is -0.252. The number of halogens is 3. The smallest absolute Gasteiger partial charge is 0.416 e. The summed E-state index contributed by atoms with van der Waals surface area (Å²) in [4.78, 5) is 12.9. The van der Waals surface area contributed by atoms with Crippen LogP contribution in [0.5, 0.6) is 5.75 Å². The third-order valence-corrected chi connectivity index (χ3v) is 11.0. The molecule has 0 aliphatic carbocycles. The maximum Gasteiger partial charge on any atom is 0.416 e. The van der Waals surface area contributed by atoms with E-state index >= 15 is 0 Å². The molecular formula is C37H39F3N2O6S2. The molecule has 1 amide bonds. The van der Waals surface area contributed by atoms with Gasteiger partial charge in [0.15, 0.2) is 16.7 Å². The number of amides is 1. The second kappa shape index (κ2) is 14.7. The lowest BCUT2D eigenvalue weighted by atomic mass is 9.84. The van der Waals surface area contributed by atoms with Crippen LogP contribution in [0.1, 0.15) is 80.7 Å². The highest BCUT2D eigenvalue weighted by atomic mass is 32.2. The largest absolute Gasteiger partial charge is 0.478 e. The number of alkyl halides is 3. The van der Waals surface area contributed by atoms with E-state index < -0.39 is 49.2 Å². The fourth-order valence-corrected chi connectivity index (χ4v) is 7.78. The first-order valence-electron chi connectivity index (χ1n) is 16.1. The molecule has 0 radical (unpaired) electrons. The predicted molar refractivity (Wildman–Crippen MR) is 186 cm³/mol. The van der Waals surface area contributed by atoms with Crippen molar-refractivity contribution in [2.75, 3.05) is 6.54 Å². The van der Waals surface area contributed by atoms with Gasteiger partial charge in [-0.05, 0) is 109 Å². The molecule has 266 valence electrons. The number of hydrogen-bond acceptors (Lipinski definition) is 6. The first-order chi connectivity index (χ1) is 23.5. The zero-order chi connectivity index (χ0) is 36.4. The summed E-state index contributed by atoms with van der Waals surface area (Å²) in [5, 5.41) is 3.58. The number of piperidine rings is 1. The Kier molecular flexibility index (Phi) is 10.9. The van der Waals surface area contributed by atoms with Gasteiger partial charge in [0.2, 0.25) is 0 Å². The van der Waals surface area contributed by atoms with Crippen LogP contribution < -0.4 is 14.8 Å². The van der Waals surface area contributed by atoms with Crippen LogP contribution >= 0.6 is 0 Å². The molecule has 5 rings (SSSR count). The van der Waals surface area contributed by atoms with E-state index in [9.17, 15) is 35.1 Å². The number of ether oxygens (including phenoxy) is 1. The molecule has 4 aromatic rings. The third kappa shape index (κ3) is 8.45. The van der Waals surface area contributed by atoms with Crippen molar-refractivity contribution in [3.8, 4) is 16.9 Å². The van der Waals surface area contributed by atoms with Gasteiger partial charge in [-0.2, -0.15) is 13.2 Å². The second-order valence-electron chi connectivity index (χ2n) is 13.1. The van der Waals surface area contributed by atoms with Crippen molar-refractivity contribution in [1.82, 2.24) is 10.0 Å². The Hall–Kier alpha value is -4.04. The van der Waals surface area contributed by atoms with Gasteiger partial charge in [0.05, 0.1) is 15.4 Å². The number of nitrogens with one attached hydrogen (secondary N) is 2. The van der Waals surface area contributed by atoms with E-state index in [1.165, 1.54) is 19.4 Å². The molecule has 1 fully saturated rings. The summed E-state index contributed by atoms with van der Waals surface area (Å²) >= 11 is -2.19. The molecule has 13 heteroatoms. The van der Waals surface area contributed by atoms with E-state index in [0.717, 1.165) is 40.8 Å². The Morgan fingerprint density at radius 2 is 1.62 bits per heavy atom. The zero-order valence-electron chi connectivity index (χ0n) is 28.0. The van der Waals surface area contributed by atoms with Gasteiger partial charge in [0.1, 0.15) is 5.75 Å². The van der Waals surface area contributed by atoms with Gasteiger partial charge >= 0.3 is 6.18 Å². The van der Waals surface area contributed by atoms with Crippen molar-refractivity contribution in [2.24, 2.45) is 0 Å². The number of rotatable bonds is 10. The molecule has 3 N–H and O–H groups in total. The molecule has 0 spiro atoms. The van der Waals surface area contributed by atoms with Gasteiger partial charge in [0.25, 0.3) is 15.9 Å². The number of benzene rings is 4. The highest BCUT2D eigenvalue weighted by Crippen LogP contribution is 2.40. The minimum atomic E-state index is -4.64. The van der Waals surface area contributed by atoms with E-state index in [1.54, 1.807) is 30.3 Å². The van der Waals surface area contributed by atoms with Crippen LogP contribution in [0.15, 0.2) is 101 Å². The fraction of sp³-hybridized carbons (Fsp3) is 0.324. The highest BCUT2D eigenvalue weighted by Gasteiger charge is 2.35. The van der Waals surface area contributed by atoms with Crippen LogP contribution in [-0.4, -0.2) is 35.2 Å². The predicted octanol–water partition coefficient (Wildman–Crippen LogP) is 7.95. The Labute approximate surface area is 292 Å². The van der Waals surface area contributed by atoms with Crippen molar-refractivity contribution < 1.29 is 39.9 Å². The van der Waals surface area contributed by atoms with E-state index in [-0.39, 0.29) is 12.0 Å². The van der Waals surface area contributed by atoms with Crippen molar-refractivity contribution in [3.63, 3.8) is 0 Å². The maximum absolute atomic E-state index is 13.0. The highest BCUT2D eigenvalue weighted by molar-refractivity contribution is 7.90. The molecule has 0 bridgehead atoms. The Morgan fingerprint density at radius 3 is 2.20 bits per heavy atom. The maximum atomic E-state index is 13.0.